The molecule has 1 aliphatic carbocycles. The molecule has 8 nitrogen and oxygen atoms in total. The number of benzene rings is 1. The molecule has 0 spiro atoms. The molecule has 1 aromatic carbocycles. The van der Waals surface area contributed by atoms with E-state index in [9.17, 15) is 24.6 Å². The molecule has 1 fully saturated rings. The number of rotatable bonds is 10. The van der Waals surface area contributed by atoms with Crippen LogP contribution in [-0.2, 0) is 32.0 Å². The number of hydrogen-bond donors (Lipinski definition) is 4. The van der Waals surface area contributed by atoms with Gasteiger partial charge < -0.3 is 25.6 Å². The van der Waals surface area contributed by atoms with Crippen LogP contribution in [-0.4, -0.2) is 65.3 Å². The number of allylic oxidation sites excluding steroid dienone is 1. The minimum Gasteiger partial charge on any atom is -0.394 e. The first-order valence-electron chi connectivity index (χ1n) is 11.0. The molecule has 8 heteroatoms. The van der Waals surface area contributed by atoms with Gasteiger partial charge in [0.25, 0.3) is 0 Å². The summed E-state index contributed by atoms with van der Waals surface area (Å²) in [6.45, 7) is 2.88. The maximum absolute atomic E-state index is 12.8. The number of ether oxygens (including phenoxy) is 1. The van der Waals surface area contributed by atoms with Gasteiger partial charge in [0.15, 0.2) is 11.4 Å². The van der Waals surface area contributed by atoms with E-state index in [0.717, 1.165) is 18.4 Å². The molecule has 2 aliphatic rings. The first-order chi connectivity index (χ1) is 15.3. The van der Waals surface area contributed by atoms with E-state index in [4.69, 9.17) is 4.74 Å². The van der Waals surface area contributed by atoms with Crippen LogP contribution >= 0.6 is 0 Å². The molecule has 0 radical (unpaired) electrons. The Morgan fingerprint density at radius 1 is 1.09 bits per heavy atom. The quantitative estimate of drug-likeness (QED) is 0.306. The molecule has 4 N–H and O–H groups in total. The lowest BCUT2D eigenvalue weighted by Gasteiger charge is -2.24. The Kier molecular flexibility index (Phi) is 7.82. The van der Waals surface area contributed by atoms with Crippen molar-refractivity contribution in [1.29, 1.82) is 0 Å². The molecule has 2 amide bonds. The molecule has 0 saturated carbocycles. The minimum absolute atomic E-state index is 0.0971. The Bertz CT molecular complexity index is 890. The lowest BCUT2D eigenvalue weighted by atomic mass is 9.88. The second-order valence-electron chi connectivity index (χ2n) is 8.99. The smallest absolute Gasteiger partial charge is 0.245 e. The maximum atomic E-state index is 12.8. The van der Waals surface area contributed by atoms with Crippen molar-refractivity contribution in [3.05, 3.63) is 47.0 Å². The normalized spacial score (nSPS) is 22.7. The molecule has 1 aromatic rings. The monoisotopic (exact) mass is 444 g/mol. The van der Waals surface area contributed by atoms with Gasteiger partial charge >= 0.3 is 0 Å². The van der Waals surface area contributed by atoms with Crippen molar-refractivity contribution < 1.29 is 29.3 Å². The summed E-state index contributed by atoms with van der Waals surface area (Å²) in [6, 6.07) is 6.02. The molecule has 1 aliphatic heterocycles. The average Bonchev–Trinajstić information content (AvgIpc) is 3.57. The number of nitrogens with one attached hydrogen (secondary N) is 2. The Hall–Kier alpha value is -2.55. The number of fused-ring (bicyclic) bond motifs is 1. The Balaban J connectivity index is 1.62. The van der Waals surface area contributed by atoms with Crippen molar-refractivity contribution >= 4 is 17.6 Å². The number of ketones is 1. The van der Waals surface area contributed by atoms with E-state index in [1.54, 1.807) is 0 Å². The van der Waals surface area contributed by atoms with Crippen LogP contribution in [0.15, 0.2) is 35.9 Å². The number of aliphatic hydroxyl groups excluding tert-OH is 2. The highest BCUT2D eigenvalue weighted by molar-refractivity contribution is 5.99. The zero-order chi connectivity index (χ0) is 23.3. The predicted octanol–water partition coefficient (Wildman–Crippen LogP) is 0.440. The lowest BCUT2D eigenvalue weighted by molar-refractivity contribution is -0.134. The Morgan fingerprint density at radius 2 is 1.78 bits per heavy atom. The summed E-state index contributed by atoms with van der Waals surface area (Å²) in [7, 11) is 0. The molecular formula is C24H32N2O6. The summed E-state index contributed by atoms with van der Waals surface area (Å²) in [6.07, 6.45) is 4.13. The highest BCUT2D eigenvalue weighted by Gasteiger charge is 2.54. The minimum atomic E-state index is -1.26. The van der Waals surface area contributed by atoms with Crippen LogP contribution in [0.3, 0.4) is 0 Å². The van der Waals surface area contributed by atoms with Gasteiger partial charge in [0, 0.05) is 6.08 Å². The standard InChI is InChI=1S/C24H32N2O6/c1-15(2)9-19(22(30)24(13-28)14-32-24)26-23(31)20(12-27)25-21(29)11-16-7-8-17-5-3-4-6-18(17)10-16/h3-6,11,15,19-20,27-28H,7-10,12-14H2,1-2H3,(H,25,29)(H,26,31)/t19-,20-,24+/m0/s1. The van der Waals surface area contributed by atoms with Gasteiger partial charge in [-0.1, -0.05) is 43.7 Å². The summed E-state index contributed by atoms with van der Waals surface area (Å²) >= 11 is 0. The van der Waals surface area contributed by atoms with Gasteiger partial charge in [-0.3, -0.25) is 14.4 Å². The van der Waals surface area contributed by atoms with Crippen LogP contribution in [0, 0.1) is 5.92 Å². The van der Waals surface area contributed by atoms with Gasteiger partial charge in [-0.15, -0.1) is 0 Å². The zero-order valence-corrected chi connectivity index (χ0v) is 18.6. The Labute approximate surface area is 188 Å². The lowest BCUT2D eigenvalue weighted by Crippen LogP contribution is -2.55. The fourth-order valence-corrected chi connectivity index (χ4v) is 4.01. The summed E-state index contributed by atoms with van der Waals surface area (Å²) in [5, 5.41) is 24.3. The van der Waals surface area contributed by atoms with Crippen LogP contribution in [0.5, 0.6) is 0 Å². The third kappa shape index (κ3) is 5.82. The molecule has 3 atom stereocenters. The largest absolute Gasteiger partial charge is 0.394 e. The molecule has 3 rings (SSSR count). The second-order valence-corrected chi connectivity index (χ2v) is 8.99. The van der Waals surface area contributed by atoms with Crippen molar-refractivity contribution in [3.8, 4) is 0 Å². The van der Waals surface area contributed by atoms with Gasteiger partial charge in [0.05, 0.1) is 25.9 Å². The molecule has 174 valence electrons. The maximum Gasteiger partial charge on any atom is 0.245 e. The van der Waals surface area contributed by atoms with Gasteiger partial charge in [-0.05, 0) is 42.7 Å². The van der Waals surface area contributed by atoms with E-state index in [-0.39, 0.29) is 12.5 Å². The molecular weight excluding hydrogens is 412 g/mol. The van der Waals surface area contributed by atoms with Crippen LogP contribution in [0.25, 0.3) is 0 Å². The van der Waals surface area contributed by atoms with Gasteiger partial charge in [-0.25, -0.2) is 0 Å². The number of carbonyl (C=O) groups excluding carboxylic acids is 3. The summed E-state index contributed by atoms with van der Waals surface area (Å²) < 4.78 is 5.13. The van der Waals surface area contributed by atoms with Gasteiger partial charge in [-0.2, -0.15) is 0 Å². The van der Waals surface area contributed by atoms with Crippen molar-refractivity contribution in [1.82, 2.24) is 10.6 Å². The summed E-state index contributed by atoms with van der Waals surface area (Å²) in [4.78, 5) is 38.0. The van der Waals surface area contributed by atoms with E-state index in [1.165, 1.54) is 17.2 Å². The second kappa shape index (κ2) is 10.4. The van der Waals surface area contributed by atoms with Crippen molar-refractivity contribution in [3.63, 3.8) is 0 Å². The van der Waals surface area contributed by atoms with Crippen LogP contribution in [0.4, 0.5) is 0 Å². The first-order valence-corrected chi connectivity index (χ1v) is 11.0. The SMILES string of the molecule is CC(C)C[C@H](NC(=O)[C@H](CO)NC(=O)C=C1CCc2ccccc2C1)C(=O)[C@@]1(CO)CO1. The highest BCUT2D eigenvalue weighted by Crippen LogP contribution is 2.30. The summed E-state index contributed by atoms with van der Waals surface area (Å²) in [5.41, 5.74) is 2.16. The molecule has 0 aromatic heterocycles. The number of aliphatic hydroxyl groups is 2. The van der Waals surface area contributed by atoms with E-state index < -0.39 is 48.5 Å². The van der Waals surface area contributed by atoms with E-state index in [0.29, 0.717) is 12.8 Å². The predicted molar refractivity (Wildman–Crippen MR) is 118 cm³/mol. The molecule has 0 unspecified atom stereocenters. The number of Topliss-reactive ketones (excluding diaryl/α,β-unsaturated/α-hetero) is 1. The number of aryl methyl sites for hydroxylation is 1. The van der Waals surface area contributed by atoms with E-state index in [1.807, 2.05) is 32.0 Å². The van der Waals surface area contributed by atoms with Crippen LogP contribution in [0.1, 0.15) is 37.8 Å². The number of carbonyl (C=O) groups is 3. The fourth-order valence-electron chi connectivity index (χ4n) is 4.01. The van der Waals surface area contributed by atoms with Crippen molar-refractivity contribution in [2.75, 3.05) is 19.8 Å². The number of epoxide rings is 1. The number of amides is 2. The average molecular weight is 445 g/mol. The first kappa shape index (κ1) is 24.1. The van der Waals surface area contributed by atoms with Crippen LogP contribution in [0.2, 0.25) is 0 Å². The third-order valence-corrected chi connectivity index (χ3v) is 5.94. The zero-order valence-electron chi connectivity index (χ0n) is 18.6. The van der Waals surface area contributed by atoms with Gasteiger partial charge in [0.2, 0.25) is 11.8 Å². The molecule has 0 bridgehead atoms. The Morgan fingerprint density at radius 3 is 2.38 bits per heavy atom. The van der Waals surface area contributed by atoms with E-state index in [2.05, 4.69) is 16.7 Å². The summed E-state index contributed by atoms with van der Waals surface area (Å²) in [5.74, 6) is -1.41. The van der Waals surface area contributed by atoms with Crippen molar-refractivity contribution in [2.24, 2.45) is 5.92 Å². The van der Waals surface area contributed by atoms with Crippen molar-refractivity contribution in [2.45, 2.75) is 57.2 Å². The fraction of sp³-hybridized carbons (Fsp3) is 0.542. The van der Waals surface area contributed by atoms with E-state index >= 15 is 0 Å². The van der Waals surface area contributed by atoms with Gasteiger partial charge in [0.1, 0.15) is 6.04 Å². The number of hydrogen-bond acceptors (Lipinski definition) is 6. The molecule has 1 heterocycles. The third-order valence-electron chi connectivity index (χ3n) is 5.94. The highest BCUT2D eigenvalue weighted by atomic mass is 16.6. The molecule has 32 heavy (non-hydrogen) atoms. The topological polar surface area (TPSA) is 128 Å². The molecule has 1 saturated heterocycles. The van der Waals surface area contributed by atoms with Crippen LogP contribution < -0.4 is 10.6 Å².